The predicted octanol–water partition coefficient (Wildman–Crippen LogP) is 2.48. The SMILES string of the molecule is [C-]#[N+]c1ccc(S(=O)(=O)N2CCN(C(=O)OC(C)(C)C)CC2)cc1. The number of benzene rings is 1. The number of nitrogens with zero attached hydrogens (tertiary/aromatic N) is 3. The Kier molecular flexibility index (Phi) is 5.16. The van der Waals surface area contributed by atoms with Gasteiger partial charge in [0.1, 0.15) is 5.60 Å². The summed E-state index contributed by atoms with van der Waals surface area (Å²) >= 11 is 0. The molecule has 0 aliphatic carbocycles. The van der Waals surface area contributed by atoms with Gasteiger partial charge in [-0.05, 0) is 20.8 Å². The number of sulfonamides is 1. The van der Waals surface area contributed by atoms with Gasteiger partial charge in [-0.25, -0.2) is 18.1 Å². The number of hydrogen-bond acceptors (Lipinski definition) is 4. The van der Waals surface area contributed by atoms with Gasteiger partial charge < -0.3 is 9.64 Å². The molecule has 130 valence electrons. The number of hydrogen-bond donors (Lipinski definition) is 0. The van der Waals surface area contributed by atoms with Crippen LogP contribution in [0.1, 0.15) is 20.8 Å². The Labute approximate surface area is 142 Å². The average Bonchev–Trinajstić information content (AvgIpc) is 2.53. The van der Waals surface area contributed by atoms with Gasteiger partial charge in [0.25, 0.3) is 0 Å². The summed E-state index contributed by atoms with van der Waals surface area (Å²) in [7, 11) is -3.62. The van der Waals surface area contributed by atoms with E-state index in [0.717, 1.165) is 0 Å². The van der Waals surface area contributed by atoms with Crippen LogP contribution < -0.4 is 0 Å². The number of amides is 1. The van der Waals surface area contributed by atoms with E-state index < -0.39 is 21.7 Å². The number of piperazine rings is 1. The summed E-state index contributed by atoms with van der Waals surface area (Å²) in [6, 6.07) is 5.83. The summed E-state index contributed by atoms with van der Waals surface area (Å²) in [5.74, 6) is 0. The van der Waals surface area contributed by atoms with Crippen molar-refractivity contribution in [2.75, 3.05) is 26.2 Å². The van der Waals surface area contributed by atoms with E-state index in [9.17, 15) is 13.2 Å². The second kappa shape index (κ2) is 6.79. The van der Waals surface area contributed by atoms with Crippen LogP contribution in [0.5, 0.6) is 0 Å². The van der Waals surface area contributed by atoms with Crippen LogP contribution in [0, 0.1) is 6.57 Å². The molecule has 0 atom stereocenters. The minimum Gasteiger partial charge on any atom is -0.444 e. The van der Waals surface area contributed by atoms with Gasteiger partial charge in [-0.3, -0.25) is 0 Å². The molecule has 1 saturated heterocycles. The summed E-state index contributed by atoms with van der Waals surface area (Å²) < 4.78 is 31.9. The van der Waals surface area contributed by atoms with Gasteiger partial charge in [0, 0.05) is 26.2 Å². The highest BCUT2D eigenvalue weighted by atomic mass is 32.2. The molecule has 1 heterocycles. The van der Waals surface area contributed by atoms with Crippen LogP contribution in [0.15, 0.2) is 29.2 Å². The van der Waals surface area contributed by atoms with Gasteiger partial charge >= 0.3 is 6.09 Å². The first-order chi connectivity index (χ1) is 11.1. The van der Waals surface area contributed by atoms with Gasteiger partial charge in [0.05, 0.1) is 11.5 Å². The smallest absolute Gasteiger partial charge is 0.410 e. The second-order valence-corrected chi connectivity index (χ2v) is 8.42. The monoisotopic (exact) mass is 351 g/mol. The van der Waals surface area contributed by atoms with Gasteiger partial charge in [-0.15, -0.1) is 0 Å². The highest BCUT2D eigenvalue weighted by molar-refractivity contribution is 7.89. The average molecular weight is 351 g/mol. The maximum absolute atomic E-state index is 12.6. The zero-order valence-electron chi connectivity index (χ0n) is 14.0. The third-order valence-electron chi connectivity index (χ3n) is 3.49. The normalized spacial score (nSPS) is 16.5. The van der Waals surface area contributed by atoms with Crippen molar-refractivity contribution in [3.05, 3.63) is 35.7 Å². The molecule has 7 nitrogen and oxygen atoms in total. The molecule has 0 bridgehead atoms. The number of carbonyl (C=O) groups excluding carboxylic acids is 1. The molecule has 8 heteroatoms. The lowest BCUT2D eigenvalue weighted by Gasteiger charge is -2.34. The van der Waals surface area contributed by atoms with Crippen LogP contribution in [0.3, 0.4) is 0 Å². The van der Waals surface area contributed by atoms with Crippen molar-refractivity contribution >= 4 is 21.8 Å². The molecular weight excluding hydrogens is 330 g/mol. The van der Waals surface area contributed by atoms with Crippen LogP contribution >= 0.6 is 0 Å². The quantitative estimate of drug-likeness (QED) is 0.768. The lowest BCUT2D eigenvalue weighted by atomic mass is 10.2. The van der Waals surface area contributed by atoms with Gasteiger partial charge in [0.15, 0.2) is 5.69 Å². The topological polar surface area (TPSA) is 71.3 Å². The first kappa shape index (κ1) is 18.2. The molecule has 1 amide bonds. The molecule has 0 spiro atoms. The molecular formula is C16H21N3O4S. The molecule has 1 aromatic carbocycles. The van der Waals surface area contributed by atoms with Gasteiger partial charge in [-0.2, -0.15) is 4.31 Å². The Morgan fingerprint density at radius 1 is 1.12 bits per heavy atom. The van der Waals surface area contributed by atoms with Crippen LogP contribution in [-0.4, -0.2) is 55.5 Å². The van der Waals surface area contributed by atoms with Gasteiger partial charge in [0.2, 0.25) is 10.0 Å². The number of ether oxygens (including phenoxy) is 1. The molecule has 0 saturated carbocycles. The van der Waals surface area contributed by atoms with Gasteiger partial charge in [-0.1, -0.05) is 24.3 Å². The summed E-state index contributed by atoms with van der Waals surface area (Å²) in [5.41, 5.74) is -0.186. The molecule has 0 aromatic heterocycles. The Morgan fingerprint density at radius 2 is 1.67 bits per heavy atom. The Morgan fingerprint density at radius 3 is 2.12 bits per heavy atom. The van der Waals surface area contributed by atoms with E-state index in [4.69, 9.17) is 11.3 Å². The van der Waals surface area contributed by atoms with E-state index in [1.807, 2.05) is 0 Å². The first-order valence-electron chi connectivity index (χ1n) is 7.59. The Bertz CT molecular complexity index is 737. The predicted molar refractivity (Wildman–Crippen MR) is 89.3 cm³/mol. The zero-order valence-corrected chi connectivity index (χ0v) is 14.8. The third-order valence-corrected chi connectivity index (χ3v) is 5.41. The highest BCUT2D eigenvalue weighted by Crippen LogP contribution is 2.21. The molecule has 0 radical (unpaired) electrons. The van der Waals surface area contributed by atoms with E-state index in [-0.39, 0.29) is 31.1 Å². The maximum atomic E-state index is 12.6. The standard InChI is InChI=1S/C16H21N3O4S/c1-16(2,3)23-15(20)18-9-11-19(12-10-18)24(21,22)14-7-5-13(17-4)6-8-14/h5-8H,9-12H2,1-3H3. The fourth-order valence-electron chi connectivity index (χ4n) is 2.28. The fraction of sp³-hybridized carbons (Fsp3) is 0.500. The van der Waals surface area contributed by atoms with Crippen LogP contribution in [-0.2, 0) is 14.8 Å². The van der Waals surface area contributed by atoms with Crippen LogP contribution in [0.2, 0.25) is 0 Å². The molecule has 1 aromatic rings. The van der Waals surface area contributed by atoms with Crippen molar-refractivity contribution in [2.45, 2.75) is 31.3 Å². The first-order valence-corrected chi connectivity index (χ1v) is 9.03. The number of carbonyl (C=O) groups is 1. The van der Waals surface area contributed by atoms with E-state index >= 15 is 0 Å². The minimum absolute atomic E-state index is 0.153. The fourth-order valence-corrected chi connectivity index (χ4v) is 3.70. The van der Waals surface area contributed by atoms with Crippen molar-refractivity contribution in [1.29, 1.82) is 0 Å². The molecule has 2 rings (SSSR count). The molecule has 0 N–H and O–H groups in total. The van der Waals surface area contributed by atoms with Crippen LogP contribution in [0.4, 0.5) is 10.5 Å². The third kappa shape index (κ3) is 4.24. The van der Waals surface area contributed by atoms with E-state index in [1.165, 1.54) is 33.5 Å². The van der Waals surface area contributed by atoms with Crippen LogP contribution in [0.25, 0.3) is 4.85 Å². The Hall–Kier alpha value is -2.11. The summed E-state index contributed by atoms with van der Waals surface area (Å²) in [6.07, 6.45) is -0.430. The van der Waals surface area contributed by atoms with Crippen molar-refractivity contribution in [3.63, 3.8) is 0 Å². The number of rotatable bonds is 2. The second-order valence-electron chi connectivity index (χ2n) is 6.48. The largest absolute Gasteiger partial charge is 0.444 e. The lowest BCUT2D eigenvalue weighted by Crippen LogP contribution is -2.51. The van der Waals surface area contributed by atoms with Crippen molar-refractivity contribution in [1.82, 2.24) is 9.21 Å². The minimum atomic E-state index is -3.62. The Balaban J connectivity index is 2.03. The molecule has 1 aliphatic rings. The summed E-state index contributed by atoms with van der Waals surface area (Å²) in [6.45, 7) is 13.3. The molecule has 1 fully saturated rings. The molecule has 0 unspecified atom stereocenters. The van der Waals surface area contributed by atoms with Crippen molar-refractivity contribution in [3.8, 4) is 0 Å². The molecule has 24 heavy (non-hydrogen) atoms. The summed E-state index contributed by atoms with van der Waals surface area (Å²) in [5, 5.41) is 0. The summed E-state index contributed by atoms with van der Waals surface area (Å²) in [4.78, 5) is 16.9. The van der Waals surface area contributed by atoms with E-state index in [2.05, 4.69) is 4.85 Å². The maximum Gasteiger partial charge on any atom is 0.410 e. The van der Waals surface area contributed by atoms with Crippen molar-refractivity contribution in [2.24, 2.45) is 0 Å². The van der Waals surface area contributed by atoms with Crippen molar-refractivity contribution < 1.29 is 17.9 Å². The lowest BCUT2D eigenvalue weighted by molar-refractivity contribution is 0.0192. The highest BCUT2D eigenvalue weighted by Gasteiger charge is 2.31. The zero-order chi connectivity index (χ0) is 18.0. The van der Waals surface area contributed by atoms with E-state index in [0.29, 0.717) is 5.69 Å². The van der Waals surface area contributed by atoms with E-state index in [1.54, 1.807) is 20.8 Å². The molecule has 1 aliphatic heterocycles.